The molecular formula is C15H17BrClNS. The van der Waals surface area contributed by atoms with Crippen LogP contribution in [0.2, 0.25) is 5.02 Å². The molecule has 1 nitrogen and oxygen atoms in total. The molecule has 0 spiro atoms. The van der Waals surface area contributed by atoms with Crippen LogP contribution >= 0.6 is 38.9 Å². The third-order valence-electron chi connectivity index (χ3n) is 2.87. The summed E-state index contributed by atoms with van der Waals surface area (Å²) in [5, 5.41) is 4.40. The lowest BCUT2D eigenvalue weighted by Crippen LogP contribution is -2.22. The molecule has 2 rings (SSSR count). The molecule has 0 aliphatic rings. The molecular weight excluding hydrogens is 342 g/mol. The van der Waals surface area contributed by atoms with Crippen molar-refractivity contribution in [2.75, 3.05) is 6.54 Å². The molecule has 0 fully saturated rings. The molecule has 1 aromatic heterocycles. The van der Waals surface area contributed by atoms with Gasteiger partial charge in [-0.3, -0.25) is 0 Å². The van der Waals surface area contributed by atoms with Gasteiger partial charge in [0, 0.05) is 9.90 Å². The Morgan fingerprint density at radius 2 is 2.11 bits per heavy atom. The first-order chi connectivity index (χ1) is 9.10. The van der Waals surface area contributed by atoms with Gasteiger partial charge in [-0.05, 0) is 71.2 Å². The predicted molar refractivity (Wildman–Crippen MR) is 88.3 cm³/mol. The molecule has 0 aliphatic carbocycles. The van der Waals surface area contributed by atoms with Gasteiger partial charge in [0.05, 0.1) is 9.83 Å². The van der Waals surface area contributed by atoms with Crippen LogP contribution in [0.5, 0.6) is 0 Å². The lowest BCUT2D eigenvalue weighted by atomic mass is 10.0. The molecule has 0 aliphatic heterocycles. The van der Waals surface area contributed by atoms with Crippen LogP contribution < -0.4 is 5.32 Å². The van der Waals surface area contributed by atoms with E-state index in [0.29, 0.717) is 0 Å². The molecule has 1 atom stereocenters. The minimum Gasteiger partial charge on any atom is -0.306 e. The second-order valence-electron chi connectivity index (χ2n) is 4.59. The van der Waals surface area contributed by atoms with E-state index in [4.69, 9.17) is 11.6 Å². The van der Waals surface area contributed by atoms with E-state index in [1.165, 1.54) is 16.0 Å². The van der Waals surface area contributed by atoms with Gasteiger partial charge in [-0.25, -0.2) is 0 Å². The van der Waals surface area contributed by atoms with Crippen LogP contribution in [0.1, 0.15) is 35.4 Å². The molecule has 1 heterocycles. The Morgan fingerprint density at radius 1 is 1.32 bits per heavy atom. The third-order valence-corrected chi connectivity index (χ3v) is 4.78. The van der Waals surface area contributed by atoms with Gasteiger partial charge >= 0.3 is 0 Å². The molecule has 0 bridgehead atoms. The zero-order chi connectivity index (χ0) is 13.8. The Balaban J connectivity index is 2.36. The van der Waals surface area contributed by atoms with E-state index in [-0.39, 0.29) is 6.04 Å². The minimum atomic E-state index is 0.216. The number of benzene rings is 1. The van der Waals surface area contributed by atoms with Gasteiger partial charge in [0.2, 0.25) is 0 Å². The van der Waals surface area contributed by atoms with Gasteiger partial charge in [-0.1, -0.05) is 24.6 Å². The Kier molecular flexibility index (Phi) is 5.46. The Hall–Kier alpha value is -0.350. The van der Waals surface area contributed by atoms with E-state index in [0.717, 1.165) is 21.8 Å². The highest BCUT2D eigenvalue weighted by molar-refractivity contribution is 9.11. The van der Waals surface area contributed by atoms with Gasteiger partial charge in [0.15, 0.2) is 0 Å². The van der Waals surface area contributed by atoms with Crippen LogP contribution in [0.25, 0.3) is 0 Å². The maximum absolute atomic E-state index is 6.19. The SMILES string of the molecule is CCCNC(c1cc(C)cc(Cl)c1)c1ccc(Br)s1. The van der Waals surface area contributed by atoms with Crippen molar-refractivity contribution in [3.8, 4) is 0 Å². The molecule has 102 valence electrons. The van der Waals surface area contributed by atoms with Gasteiger partial charge in [0.25, 0.3) is 0 Å². The Bertz CT molecular complexity index is 533. The van der Waals surface area contributed by atoms with Crippen molar-refractivity contribution in [3.05, 3.63) is 55.1 Å². The number of rotatable bonds is 5. The normalized spacial score (nSPS) is 12.6. The van der Waals surface area contributed by atoms with Crippen LogP contribution in [0.3, 0.4) is 0 Å². The number of thiophene rings is 1. The summed E-state index contributed by atoms with van der Waals surface area (Å²) in [5.74, 6) is 0. The second-order valence-corrected chi connectivity index (χ2v) is 7.52. The van der Waals surface area contributed by atoms with Crippen LogP contribution in [0.15, 0.2) is 34.1 Å². The average molecular weight is 359 g/mol. The van der Waals surface area contributed by atoms with Crippen molar-refractivity contribution < 1.29 is 0 Å². The molecule has 2 aromatic rings. The number of halogens is 2. The monoisotopic (exact) mass is 357 g/mol. The summed E-state index contributed by atoms with van der Waals surface area (Å²) in [6, 6.07) is 10.7. The highest BCUT2D eigenvalue weighted by Gasteiger charge is 2.16. The van der Waals surface area contributed by atoms with Crippen molar-refractivity contribution >= 4 is 38.9 Å². The van der Waals surface area contributed by atoms with Gasteiger partial charge < -0.3 is 5.32 Å². The summed E-state index contributed by atoms with van der Waals surface area (Å²) in [6.07, 6.45) is 1.11. The highest BCUT2D eigenvalue weighted by Crippen LogP contribution is 2.32. The summed E-state index contributed by atoms with van der Waals surface area (Å²) >= 11 is 11.5. The quantitative estimate of drug-likeness (QED) is 0.737. The van der Waals surface area contributed by atoms with E-state index in [1.54, 1.807) is 11.3 Å². The minimum absolute atomic E-state index is 0.216. The predicted octanol–water partition coefficient (Wildman–Crippen LogP) is 5.56. The van der Waals surface area contributed by atoms with Crippen molar-refractivity contribution in [2.45, 2.75) is 26.3 Å². The molecule has 1 aromatic carbocycles. The molecule has 1 N–H and O–H groups in total. The summed E-state index contributed by atoms with van der Waals surface area (Å²) in [7, 11) is 0. The zero-order valence-corrected chi connectivity index (χ0v) is 14.2. The molecule has 0 saturated carbocycles. The van der Waals surface area contributed by atoms with Crippen LogP contribution in [0, 0.1) is 6.92 Å². The number of hydrogen-bond donors (Lipinski definition) is 1. The van der Waals surface area contributed by atoms with Gasteiger partial charge in [-0.15, -0.1) is 11.3 Å². The van der Waals surface area contributed by atoms with E-state index < -0.39 is 0 Å². The number of aryl methyl sites for hydroxylation is 1. The summed E-state index contributed by atoms with van der Waals surface area (Å²) < 4.78 is 1.16. The first kappa shape index (κ1) is 15.0. The van der Waals surface area contributed by atoms with Crippen molar-refractivity contribution in [3.63, 3.8) is 0 Å². The van der Waals surface area contributed by atoms with Crippen molar-refractivity contribution in [1.29, 1.82) is 0 Å². The molecule has 0 radical (unpaired) electrons. The van der Waals surface area contributed by atoms with Crippen LogP contribution in [-0.2, 0) is 0 Å². The maximum Gasteiger partial charge on any atom is 0.0702 e. The first-order valence-corrected chi connectivity index (χ1v) is 8.34. The topological polar surface area (TPSA) is 12.0 Å². The maximum atomic E-state index is 6.19. The van der Waals surface area contributed by atoms with Gasteiger partial charge in [0.1, 0.15) is 0 Å². The largest absolute Gasteiger partial charge is 0.306 e. The van der Waals surface area contributed by atoms with Crippen LogP contribution in [0.4, 0.5) is 0 Å². The standard InChI is InChI=1S/C15H17BrClNS/c1-3-6-18-15(13-4-5-14(16)19-13)11-7-10(2)8-12(17)9-11/h4-5,7-9,15,18H,3,6H2,1-2H3. The average Bonchev–Trinajstić information content (AvgIpc) is 2.75. The number of hydrogen-bond acceptors (Lipinski definition) is 2. The third kappa shape index (κ3) is 4.06. The smallest absolute Gasteiger partial charge is 0.0702 e. The van der Waals surface area contributed by atoms with E-state index in [9.17, 15) is 0 Å². The molecule has 0 amide bonds. The summed E-state index contributed by atoms with van der Waals surface area (Å²) in [6.45, 7) is 5.25. The Labute approximate surface area is 132 Å². The fraction of sp³-hybridized carbons (Fsp3) is 0.333. The molecule has 1 unspecified atom stereocenters. The molecule has 4 heteroatoms. The fourth-order valence-corrected chi connectivity index (χ4v) is 3.91. The van der Waals surface area contributed by atoms with E-state index in [1.807, 2.05) is 6.07 Å². The Morgan fingerprint density at radius 3 is 2.68 bits per heavy atom. The second kappa shape index (κ2) is 6.89. The molecule has 19 heavy (non-hydrogen) atoms. The highest BCUT2D eigenvalue weighted by atomic mass is 79.9. The lowest BCUT2D eigenvalue weighted by Gasteiger charge is -2.18. The number of nitrogens with one attached hydrogen (secondary N) is 1. The van der Waals surface area contributed by atoms with Crippen molar-refractivity contribution in [1.82, 2.24) is 5.32 Å². The summed E-state index contributed by atoms with van der Waals surface area (Å²) in [4.78, 5) is 1.31. The van der Waals surface area contributed by atoms with E-state index >= 15 is 0 Å². The van der Waals surface area contributed by atoms with E-state index in [2.05, 4.69) is 59.4 Å². The fourth-order valence-electron chi connectivity index (χ4n) is 2.09. The zero-order valence-electron chi connectivity index (χ0n) is 11.0. The lowest BCUT2D eigenvalue weighted by molar-refractivity contribution is 0.605. The van der Waals surface area contributed by atoms with Gasteiger partial charge in [-0.2, -0.15) is 0 Å². The van der Waals surface area contributed by atoms with Crippen molar-refractivity contribution in [2.24, 2.45) is 0 Å². The summed E-state index contributed by atoms with van der Waals surface area (Å²) in [5.41, 5.74) is 2.43. The molecule has 0 saturated heterocycles. The van der Waals surface area contributed by atoms with Crippen LogP contribution in [-0.4, -0.2) is 6.54 Å². The first-order valence-electron chi connectivity index (χ1n) is 6.36.